The number of alkyl halides is 2. The van der Waals surface area contributed by atoms with E-state index in [0.717, 1.165) is 29.7 Å². The molecule has 6 heteroatoms. The van der Waals surface area contributed by atoms with Crippen molar-refractivity contribution >= 4 is 16.7 Å². The summed E-state index contributed by atoms with van der Waals surface area (Å²) in [5.41, 5.74) is 8.22. The van der Waals surface area contributed by atoms with Gasteiger partial charge in [-0.15, -0.1) is 0 Å². The van der Waals surface area contributed by atoms with Crippen molar-refractivity contribution in [3.05, 3.63) is 24.0 Å². The third kappa shape index (κ3) is 3.45. The first kappa shape index (κ1) is 14.7. The van der Waals surface area contributed by atoms with Crippen molar-refractivity contribution in [2.24, 2.45) is 0 Å². The van der Waals surface area contributed by atoms with Crippen LogP contribution in [0.1, 0.15) is 19.2 Å². The molecule has 0 fully saturated rings. The second-order valence-corrected chi connectivity index (χ2v) is 4.64. The van der Waals surface area contributed by atoms with Gasteiger partial charge in [0.2, 0.25) is 0 Å². The molecule has 1 heterocycles. The molecule has 0 saturated heterocycles. The topological polar surface area (TPSA) is 53.1 Å². The lowest BCUT2D eigenvalue weighted by Gasteiger charge is -2.09. The lowest BCUT2D eigenvalue weighted by Crippen LogP contribution is -2.12. The third-order valence-corrected chi connectivity index (χ3v) is 3.03. The van der Waals surface area contributed by atoms with E-state index in [4.69, 9.17) is 10.5 Å². The second kappa shape index (κ2) is 6.65. The van der Waals surface area contributed by atoms with E-state index in [0.29, 0.717) is 12.2 Å². The normalized spacial score (nSPS) is 11.6. The van der Waals surface area contributed by atoms with Gasteiger partial charge in [0.1, 0.15) is 12.4 Å². The monoisotopic (exact) mass is 283 g/mol. The first-order chi connectivity index (χ1) is 9.61. The molecule has 0 aliphatic rings. The van der Waals surface area contributed by atoms with E-state index in [1.807, 2.05) is 22.8 Å². The Hall–Kier alpha value is -1.69. The molecular weight excluding hydrogens is 264 g/mol. The van der Waals surface area contributed by atoms with Crippen LogP contribution in [0.15, 0.2) is 18.2 Å². The maximum Gasteiger partial charge on any atom is 0.261 e. The van der Waals surface area contributed by atoms with Crippen molar-refractivity contribution < 1.29 is 13.5 Å². The number of aromatic nitrogens is 2. The van der Waals surface area contributed by atoms with E-state index in [2.05, 4.69) is 11.9 Å². The number of hydrogen-bond donors (Lipinski definition) is 1. The van der Waals surface area contributed by atoms with E-state index < -0.39 is 13.0 Å². The van der Waals surface area contributed by atoms with E-state index in [9.17, 15) is 8.78 Å². The van der Waals surface area contributed by atoms with Gasteiger partial charge < -0.3 is 15.0 Å². The standard InChI is InChI=1S/C14H19F2N3O/c1-2-3-14-18-11-8-10(17)4-5-12(11)19(14)6-7-20-9-13(15)16/h4-5,8,13H,2-3,6-7,9,17H2,1H3. The Balaban J connectivity index is 2.17. The van der Waals surface area contributed by atoms with Gasteiger partial charge in [0.25, 0.3) is 6.43 Å². The Morgan fingerprint density at radius 1 is 1.40 bits per heavy atom. The summed E-state index contributed by atoms with van der Waals surface area (Å²) in [4.78, 5) is 4.56. The van der Waals surface area contributed by atoms with Crippen LogP contribution >= 0.6 is 0 Å². The Morgan fingerprint density at radius 2 is 2.20 bits per heavy atom. The summed E-state index contributed by atoms with van der Waals surface area (Å²) < 4.78 is 31.0. The highest BCUT2D eigenvalue weighted by atomic mass is 19.3. The van der Waals surface area contributed by atoms with E-state index in [1.54, 1.807) is 0 Å². The molecule has 0 amide bonds. The molecule has 0 spiro atoms. The number of aryl methyl sites for hydroxylation is 1. The highest BCUT2D eigenvalue weighted by molar-refractivity contribution is 5.79. The number of anilines is 1. The Morgan fingerprint density at radius 3 is 2.90 bits per heavy atom. The van der Waals surface area contributed by atoms with Crippen molar-refractivity contribution in [3.63, 3.8) is 0 Å². The number of ether oxygens (including phenoxy) is 1. The largest absolute Gasteiger partial charge is 0.399 e. The summed E-state index contributed by atoms with van der Waals surface area (Å²) >= 11 is 0. The fourth-order valence-electron chi connectivity index (χ4n) is 2.19. The zero-order valence-corrected chi connectivity index (χ0v) is 11.5. The van der Waals surface area contributed by atoms with Crippen LogP contribution in [-0.4, -0.2) is 29.2 Å². The van der Waals surface area contributed by atoms with Crippen LogP contribution in [0.2, 0.25) is 0 Å². The average molecular weight is 283 g/mol. The molecule has 1 aromatic heterocycles. The third-order valence-electron chi connectivity index (χ3n) is 3.03. The summed E-state index contributed by atoms with van der Waals surface area (Å²) in [5.74, 6) is 0.939. The molecule has 0 unspecified atom stereocenters. The van der Waals surface area contributed by atoms with Crippen molar-refractivity contribution in [2.75, 3.05) is 18.9 Å². The summed E-state index contributed by atoms with van der Waals surface area (Å²) in [5, 5.41) is 0. The lowest BCUT2D eigenvalue weighted by molar-refractivity contribution is 0.0148. The number of fused-ring (bicyclic) bond motifs is 1. The van der Waals surface area contributed by atoms with Gasteiger partial charge in [-0.05, 0) is 24.6 Å². The van der Waals surface area contributed by atoms with E-state index in [-0.39, 0.29) is 6.61 Å². The minimum atomic E-state index is -2.43. The number of imidazole rings is 1. The molecule has 0 bridgehead atoms. The van der Waals surface area contributed by atoms with Crippen molar-refractivity contribution in [3.8, 4) is 0 Å². The number of benzene rings is 1. The lowest BCUT2D eigenvalue weighted by atomic mass is 10.3. The average Bonchev–Trinajstić information content (AvgIpc) is 2.72. The number of nitrogen functional groups attached to an aromatic ring is 1. The molecule has 0 atom stereocenters. The fourth-order valence-corrected chi connectivity index (χ4v) is 2.19. The molecule has 0 saturated carbocycles. The van der Waals surface area contributed by atoms with Crippen LogP contribution in [-0.2, 0) is 17.7 Å². The predicted octanol–water partition coefficient (Wildman–Crippen LogP) is 2.85. The van der Waals surface area contributed by atoms with Gasteiger partial charge in [-0.2, -0.15) is 0 Å². The van der Waals surface area contributed by atoms with Gasteiger partial charge in [-0.3, -0.25) is 0 Å². The van der Waals surface area contributed by atoms with Crippen LogP contribution in [0.4, 0.5) is 14.5 Å². The smallest absolute Gasteiger partial charge is 0.261 e. The number of rotatable bonds is 7. The van der Waals surface area contributed by atoms with Crippen molar-refractivity contribution in [1.82, 2.24) is 9.55 Å². The molecular formula is C14H19F2N3O. The molecule has 2 aromatic rings. The highest BCUT2D eigenvalue weighted by Gasteiger charge is 2.10. The zero-order chi connectivity index (χ0) is 14.5. The zero-order valence-electron chi connectivity index (χ0n) is 11.5. The van der Waals surface area contributed by atoms with E-state index >= 15 is 0 Å². The van der Waals surface area contributed by atoms with Crippen LogP contribution in [0.25, 0.3) is 11.0 Å². The van der Waals surface area contributed by atoms with Crippen molar-refractivity contribution in [1.29, 1.82) is 0 Å². The van der Waals surface area contributed by atoms with Crippen LogP contribution < -0.4 is 5.73 Å². The highest BCUT2D eigenvalue weighted by Crippen LogP contribution is 2.20. The summed E-state index contributed by atoms with van der Waals surface area (Å²) in [6, 6.07) is 5.55. The Kier molecular flexibility index (Phi) is 4.89. The minimum absolute atomic E-state index is 0.247. The SMILES string of the molecule is CCCc1nc2cc(N)ccc2n1CCOCC(F)F. The number of nitrogens with zero attached hydrogens (tertiary/aromatic N) is 2. The molecule has 2 N–H and O–H groups in total. The number of nitrogens with two attached hydrogens (primary N) is 1. The minimum Gasteiger partial charge on any atom is -0.399 e. The fraction of sp³-hybridized carbons (Fsp3) is 0.500. The van der Waals surface area contributed by atoms with Gasteiger partial charge in [-0.1, -0.05) is 6.92 Å². The van der Waals surface area contributed by atoms with Gasteiger partial charge in [0.15, 0.2) is 0 Å². The molecule has 0 aliphatic heterocycles. The van der Waals surface area contributed by atoms with Gasteiger partial charge in [0, 0.05) is 18.7 Å². The maximum atomic E-state index is 12.0. The molecule has 1 aromatic carbocycles. The first-order valence-electron chi connectivity index (χ1n) is 6.72. The van der Waals surface area contributed by atoms with Gasteiger partial charge in [-0.25, -0.2) is 13.8 Å². The predicted molar refractivity (Wildman–Crippen MR) is 75.0 cm³/mol. The van der Waals surface area contributed by atoms with Gasteiger partial charge >= 0.3 is 0 Å². The molecule has 2 rings (SSSR count). The molecule has 0 radical (unpaired) electrons. The maximum absolute atomic E-state index is 12.0. The molecule has 110 valence electrons. The number of halogens is 2. The Labute approximate surface area is 116 Å². The molecule has 0 aliphatic carbocycles. The molecule has 4 nitrogen and oxygen atoms in total. The molecule has 20 heavy (non-hydrogen) atoms. The van der Waals surface area contributed by atoms with E-state index in [1.165, 1.54) is 0 Å². The van der Waals surface area contributed by atoms with Crippen LogP contribution in [0.5, 0.6) is 0 Å². The van der Waals surface area contributed by atoms with Gasteiger partial charge in [0.05, 0.1) is 17.6 Å². The second-order valence-electron chi connectivity index (χ2n) is 4.64. The van der Waals surface area contributed by atoms with Crippen molar-refractivity contribution in [2.45, 2.75) is 32.7 Å². The van der Waals surface area contributed by atoms with Crippen LogP contribution in [0, 0.1) is 0 Å². The quantitative estimate of drug-likeness (QED) is 0.628. The Bertz CT molecular complexity index is 569. The summed E-state index contributed by atoms with van der Waals surface area (Å²) in [6.07, 6.45) is -0.621. The summed E-state index contributed by atoms with van der Waals surface area (Å²) in [7, 11) is 0. The first-order valence-corrected chi connectivity index (χ1v) is 6.72. The van der Waals surface area contributed by atoms with Crippen LogP contribution in [0.3, 0.4) is 0 Å². The number of hydrogen-bond acceptors (Lipinski definition) is 3. The summed E-state index contributed by atoms with van der Waals surface area (Å²) in [6.45, 7) is 2.31.